The van der Waals surface area contributed by atoms with Gasteiger partial charge in [0.25, 0.3) is 0 Å². The monoisotopic (exact) mass is 262 g/mol. The second-order valence-corrected chi connectivity index (χ2v) is 5.92. The van der Waals surface area contributed by atoms with E-state index in [0.29, 0.717) is 6.04 Å². The Morgan fingerprint density at radius 2 is 2.00 bits per heavy atom. The molecule has 1 aromatic rings. The van der Waals surface area contributed by atoms with Gasteiger partial charge in [0, 0.05) is 6.04 Å². The first-order valence-electron chi connectivity index (χ1n) is 7.51. The Bertz CT molecular complexity index is 438. The highest BCUT2D eigenvalue weighted by Crippen LogP contribution is 2.38. The lowest BCUT2D eigenvalue weighted by molar-refractivity contribution is 0.129. The molecule has 2 N–H and O–H groups in total. The van der Waals surface area contributed by atoms with Gasteiger partial charge in [-0.2, -0.15) is 0 Å². The van der Waals surface area contributed by atoms with Crippen molar-refractivity contribution >= 4 is 0 Å². The maximum atomic E-state index is 13.8. The van der Waals surface area contributed by atoms with Crippen molar-refractivity contribution in [2.75, 3.05) is 19.6 Å². The third-order valence-electron chi connectivity index (χ3n) is 4.85. The molecule has 1 heterocycles. The summed E-state index contributed by atoms with van der Waals surface area (Å²) >= 11 is 0. The quantitative estimate of drug-likeness (QED) is 0.907. The molecule has 3 heteroatoms. The summed E-state index contributed by atoms with van der Waals surface area (Å²) in [4.78, 5) is 2.55. The molecule has 0 aromatic heterocycles. The third kappa shape index (κ3) is 2.54. The van der Waals surface area contributed by atoms with Crippen molar-refractivity contribution in [1.82, 2.24) is 4.90 Å². The van der Waals surface area contributed by atoms with Gasteiger partial charge in [0.1, 0.15) is 5.82 Å². The molecule has 0 amide bonds. The van der Waals surface area contributed by atoms with E-state index in [1.54, 1.807) is 6.07 Å². The number of nitrogens with two attached hydrogens (primary N) is 1. The molecular weight excluding hydrogens is 239 g/mol. The van der Waals surface area contributed by atoms with Gasteiger partial charge in [-0.1, -0.05) is 12.1 Å². The van der Waals surface area contributed by atoms with E-state index >= 15 is 0 Å². The third-order valence-corrected chi connectivity index (χ3v) is 4.85. The van der Waals surface area contributed by atoms with Crippen molar-refractivity contribution in [3.63, 3.8) is 0 Å². The fraction of sp³-hybridized carbons (Fsp3) is 0.625. The summed E-state index contributed by atoms with van der Waals surface area (Å²) in [5.74, 6) is 0.785. The topological polar surface area (TPSA) is 29.3 Å². The van der Waals surface area contributed by atoms with Gasteiger partial charge in [-0.25, -0.2) is 4.39 Å². The molecule has 0 spiro atoms. The Hall–Kier alpha value is -0.930. The highest BCUT2D eigenvalue weighted by Gasteiger charge is 2.31. The van der Waals surface area contributed by atoms with Crippen LogP contribution in [0.15, 0.2) is 18.2 Å². The zero-order valence-corrected chi connectivity index (χ0v) is 11.4. The lowest BCUT2D eigenvalue weighted by Crippen LogP contribution is -2.36. The van der Waals surface area contributed by atoms with Crippen molar-refractivity contribution in [2.24, 2.45) is 11.7 Å². The summed E-state index contributed by atoms with van der Waals surface area (Å²) in [6.45, 7) is 3.10. The molecule has 1 atom stereocenters. The summed E-state index contributed by atoms with van der Waals surface area (Å²) in [6, 6.07) is 6.01. The van der Waals surface area contributed by atoms with Crippen molar-refractivity contribution in [3.8, 4) is 0 Å². The maximum Gasteiger partial charge on any atom is 0.126 e. The average molecular weight is 262 g/mol. The molecule has 0 saturated carbocycles. The fourth-order valence-electron chi connectivity index (χ4n) is 3.76. The summed E-state index contributed by atoms with van der Waals surface area (Å²) in [5, 5.41) is 0. The van der Waals surface area contributed by atoms with Gasteiger partial charge in [0.15, 0.2) is 0 Å². The van der Waals surface area contributed by atoms with Crippen LogP contribution in [0.2, 0.25) is 0 Å². The highest BCUT2D eigenvalue weighted by atomic mass is 19.1. The number of fused-ring (bicyclic) bond motifs is 1. The minimum atomic E-state index is -0.0157. The Kier molecular flexibility index (Phi) is 3.85. The molecule has 104 valence electrons. The fourth-order valence-corrected chi connectivity index (χ4v) is 3.76. The van der Waals surface area contributed by atoms with E-state index in [-0.39, 0.29) is 5.82 Å². The average Bonchev–Trinajstić information content (AvgIpc) is 2.85. The van der Waals surface area contributed by atoms with Crippen LogP contribution in [0.1, 0.15) is 42.9 Å². The number of piperidine rings is 1. The molecule has 1 aliphatic heterocycles. The van der Waals surface area contributed by atoms with Crippen LogP contribution in [-0.2, 0) is 6.42 Å². The van der Waals surface area contributed by atoms with Crippen LogP contribution in [0.5, 0.6) is 0 Å². The molecule has 2 aliphatic rings. The van der Waals surface area contributed by atoms with Gasteiger partial charge in [-0.05, 0) is 74.8 Å². The molecule has 19 heavy (non-hydrogen) atoms. The van der Waals surface area contributed by atoms with Crippen LogP contribution in [-0.4, -0.2) is 24.5 Å². The summed E-state index contributed by atoms with van der Waals surface area (Å²) in [7, 11) is 0. The van der Waals surface area contributed by atoms with E-state index in [0.717, 1.165) is 50.4 Å². The van der Waals surface area contributed by atoms with Gasteiger partial charge in [0.2, 0.25) is 0 Å². The maximum absolute atomic E-state index is 13.8. The Labute approximate surface area is 114 Å². The predicted octanol–water partition coefficient (Wildman–Crippen LogP) is 2.87. The first kappa shape index (κ1) is 13.1. The lowest BCUT2D eigenvalue weighted by Gasteiger charge is -2.36. The first-order chi connectivity index (χ1) is 9.29. The van der Waals surface area contributed by atoms with E-state index in [1.807, 2.05) is 6.07 Å². The summed E-state index contributed by atoms with van der Waals surface area (Å²) in [6.07, 6.45) is 5.63. The number of likely N-dealkylation sites (tertiary alicyclic amines) is 1. The van der Waals surface area contributed by atoms with Crippen LogP contribution in [0, 0.1) is 11.7 Å². The molecule has 0 bridgehead atoms. The predicted molar refractivity (Wildman–Crippen MR) is 75.4 cm³/mol. The van der Waals surface area contributed by atoms with Crippen LogP contribution >= 0.6 is 0 Å². The SMILES string of the molecule is NCCC1CCN(C2CCc3c(F)cccc32)CC1. The van der Waals surface area contributed by atoms with E-state index < -0.39 is 0 Å². The Morgan fingerprint density at radius 1 is 1.21 bits per heavy atom. The lowest BCUT2D eigenvalue weighted by atomic mass is 9.92. The standard InChI is InChI=1S/C16H23FN2/c17-15-3-1-2-14-13(15)4-5-16(14)19-10-7-12(6-9-18)8-11-19/h1-3,12,16H,4-11,18H2. The molecular formula is C16H23FN2. The van der Waals surface area contributed by atoms with Crippen molar-refractivity contribution in [2.45, 2.75) is 38.1 Å². The highest BCUT2D eigenvalue weighted by molar-refractivity contribution is 5.35. The number of hydrogen-bond donors (Lipinski definition) is 1. The molecule has 1 saturated heterocycles. The molecule has 1 unspecified atom stereocenters. The van der Waals surface area contributed by atoms with Crippen molar-refractivity contribution < 1.29 is 4.39 Å². The number of nitrogens with zero attached hydrogens (tertiary/aromatic N) is 1. The van der Waals surface area contributed by atoms with E-state index in [2.05, 4.69) is 11.0 Å². The number of benzene rings is 1. The number of hydrogen-bond acceptors (Lipinski definition) is 2. The Morgan fingerprint density at radius 3 is 2.74 bits per heavy atom. The first-order valence-corrected chi connectivity index (χ1v) is 7.51. The molecule has 1 aliphatic carbocycles. The smallest absolute Gasteiger partial charge is 0.126 e. The minimum Gasteiger partial charge on any atom is -0.330 e. The van der Waals surface area contributed by atoms with E-state index in [4.69, 9.17) is 5.73 Å². The normalized spacial score (nSPS) is 24.6. The van der Waals surface area contributed by atoms with E-state index in [1.165, 1.54) is 18.4 Å². The van der Waals surface area contributed by atoms with Crippen LogP contribution in [0.4, 0.5) is 4.39 Å². The number of halogens is 1. The van der Waals surface area contributed by atoms with Crippen molar-refractivity contribution in [1.29, 1.82) is 0 Å². The van der Waals surface area contributed by atoms with Gasteiger partial charge in [-0.3, -0.25) is 4.90 Å². The molecule has 1 fully saturated rings. The number of rotatable bonds is 3. The molecule has 0 radical (unpaired) electrons. The van der Waals surface area contributed by atoms with Gasteiger partial charge >= 0.3 is 0 Å². The van der Waals surface area contributed by atoms with Gasteiger partial charge < -0.3 is 5.73 Å². The molecule has 1 aromatic carbocycles. The second-order valence-electron chi connectivity index (χ2n) is 5.92. The van der Waals surface area contributed by atoms with Crippen LogP contribution < -0.4 is 5.73 Å². The summed E-state index contributed by atoms with van der Waals surface area (Å²) in [5.41, 5.74) is 7.83. The van der Waals surface area contributed by atoms with Gasteiger partial charge in [-0.15, -0.1) is 0 Å². The summed E-state index contributed by atoms with van der Waals surface area (Å²) < 4.78 is 13.8. The Balaban J connectivity index is 1.68. The minimum absolute atomic E-state index is 0.0157. The van der Waals surface area contributed by atoms with Crippen LogP contribution in [0.3, 0.4) is 0 Å². The van der Waals surface area contributed by atoms with Gasteiger partial charge in [0.05, 0.1) is 0 Å². The van der Waals surface area contributed by atoms with Crippen molar-refractivity contribution in [3.05, 3.63) is 35.1 Å². The molecule has 2 nitrogen and oxygen atoms in total. The second kappa shape index (κ2) is 5.59. The zero-order chi connectivity index (χ0) is 13.2. The largest absolute Gasteiger partial charge is 0.330 e. The van der Waals surface area contributed by atoms with E-state index in [9.17, 15) is 4.39 Å². The zero-order valence-electron chi connectivity index (χ0n) is 11.4. The van der Waals surface area contributed by atoms with Crippen LogP contribution in [0.25, 0.3) is 0 Å². The molecule has 3 rings (SSSR count).